The number of hydrogen-bond donors (Lipinski definition) is 1. The Morgan fingerprint density at radius 3 is 2.31 bits per heavy atom. The summed E-state index contributed by atoms with van der Waals surface area (Å²) < 4.78 is 52.8. The van der Waals surface area contributed by atoms with Gasteiger partial charge in [-0.15, -0.1) is 0 Å². The van der Waals surface area contributed by atoms with Crippen LogP contribution >= 0.6 is 0 Å². The second-order valence-electron chi connectivity index (χ2n) is 8.47. The van der Waals surface area contributed by atoms with Crippen molar-refractivity contribution in [1.82, 2.24) is 19.9 Å². The Kier molecular flexibility index (Phi) is 5.98. The number of nitrogens with one attached hydrogen (secondary N) is 1. The number of aromatic nitrogens is 3. The number of alkyl halides is 3. The van der Waals surface area contributed by atoms with E-state index < -0.39 is 17.6 Å². The Morgan fingerprint density at radius 2 is 1.63 bits per heavy atom. The average molecular weight is 482 g/mol. The van der Waals surface area contributed by atoms with E-state index in [2.05, 4.69) is 37.1 Å². The highest BCUT2D eigenvalue weighted by Gasteiger charge is 2.31. The molecule has 2 aromatic carbocycles. The molecular formula is C25H22F4N6. The topological polar surface area (TPSA) is 57.2 Å². The van der Waals surface area contributed by atoms with E-state index in [4.69, 9.17) is 0 Å². The van der Waals surface area contributed by atoms with Crippen molar-refractivity contribution in [3.05, 3.63) is 72.4 Å². The lowest BCUT2D eigenvalue weighted by atomic mass is 10.1. The highest BCUT2D eigenvalue weighted by atomic mass is 19.4. The number of likely N-dealkylation sites (N-methyl/N-ethyl adjacent to an activating group) is 1. The Labute approximate surface area is 199 Å². The molecule has 0 unspecified atom stereocenters. The highest BCUT2D eigenvalue weighted by Crippen LogP contribution is 2.33. The lowest BCUT2D eigenvalue weighted by Gasteiger charge is -2.33. The lowest BCUT2D eigenvalue weighted by Crippen LogP contribution is -2.44. The maximum Gasteiger partial charge on any atom is 0.416 e. The summed E-state index contributed by atoms with van der Waals surface area (Å²) in [5.41, 5.74) is 1.28. The van der Waals surface area contributed by atoms with Crippen LogP contribution in [-0.4, -0.2) is 53.1 Å². The first-order valence-corrected chi connectivity index (χ1v) is 11.1. The summed E-state index contributed by atoms with van der Waals surface area (Å²) in [7, 11) is 2.11. The highest BCUT2D eigenvalue weighted by molar-refractivity contribution is 5.93. The second kappa shape index (κ2) is 9.10. The van der Waals surface area contributed by atoms with Crippen LogP contribution in [0.4, 0.5) is 34.9 Å². The van der Waals surface area contributed by atoms with Gasteiger partial charge < -0.3 is 15.1 Å². The fourth-order valence-electron chi connectivity index (χ4n) is 4.04. The number of nitrogens with zero attached hydrogens (tertiary/aromatic N) is 5. The summed E-state index contributed by atoms with van der Waals surface area (Å²) in [6, 6.07) is 11.9. The molecule has 2 aromatic heterocycles. The molecule has 0 saturated carbocycles. The average Bonchev–Trinajstić information content (AvgIpc) is 2.85. The Hall–Kier alpha value is -3.79. The van der Waals surface area contributed by atoms with Gasteiger partial charge in [-0.25, -0.2) is 19.3 Å². The molecule has 0 aliphatic carbocycles. The zero-order valence-electron chi connectivity index (χ0n) is 18.8. The van der Waals surface area contributed by atoms with Gasteiger partial charge in [-0.2, -0.15) is 13.2 Å². The first-order chi connectivity index (χ1) is 16.8. The number of anilines is 3. The van der Waals surface area contributed by atoms with Crippen molar-refractivity contribution in [3.63, 3.8) is 0 Å². The van der Waals surface area contributed by atoms with Gasteiger partial charge in [-0.3, -0.25) is 0 Å². The van der Waals surface area contributed by atoms with Crippen molar-refractivity contribution in [2.75, 3.05) is 43.4 Å². The van der Waals surface area contributed by atoms with Gasteiger partial charge >= 0.3 is 6.18 Å². The van der Waals surface area contributed by atoms with Gasteiger partial charge in [0.2, 0.25) is 0 Å². The van der Waals surface area contributed by atoms with Crippen LogP contribution in [0.25, 0.3) is 22.0 Å². The third-order valence-corrected chi connectivity index (χ3v) is 6.09. The molecule has 10 heteroatoms. The van der Waals surface area contributed by atoms with Crippen molar-refractivity contribution >= 4 is 28.2 Å². The minimum atomic E-state index is -4.62. The van der Waals surface area contributed by atoms with Gasteiger partial charge in [0, 0.05) is 43.3 Å². The molecule has 0 radical (unpaired) electrons. The maximum absolute atomic E-state index is 14.3. The van der Waals surface area contributed by atoms with E-state index in [1.807, 2.05) is 30.5 Å². The van der Waals surface area contributed by atoms with Crippen LogP contribution < -0.4 is 10.2 Å². The lowest BCUT2D eigenvalue weighted by molar-refractivity contribution is -0.137. The zero-order chi connectivity index (χ0) is 24.6. The molecule has 1 N–H and O–H groups in total. The molecule has 4 aromatic rings. The number of benzene rings is 2. The Morgan fingerprint density at radius 1 is 0.857 bits per heavy atom. The van der Waals surface area contributed by atoms with E-state index in [-0.39, 0.29) is 5.69 Å². The number of rotatable bonds is 4. The first-order valence-electron chi connectivity index (χ1n) is 11.1. The zero-order valence-corrected chi connectivity index (χ0v) is 18.8. The van der Waals surface area contributed by atoms with Gasteiger partial charge in [-0.1, -0.05) is 6.07 Å². The second-order valence-corrected chi connectivity index (χ2v) is 8.47. The van der Waals surface area contributed by atoms with E-state index in [0.29, 0.717) is 22.8 Å². The largest absolute Gasteiger partial charge is 0.416 e. The fourth-order valence-corrected chi connectivity index (χ4v) is 4.04. The molecule has 0 amide bonds. The number of piperazine rings is 1. The summed E-state index contributed by atoms with van der Waals surface area (Å²) in [5.74, 6) is 0.216. The van der Waals surface area contributed by atoms with E-state index in [0.717, 1.165) is 55.3 Å². The smallest absolute Gasteiger partial charge is 0.354 e. The summed E-state index contributed by atoms with van der Waals surface area (Å²) >= 11 is 0. The molecule has 180 valence electrons. The van der Waals surface area contributed by atoms with Gasteiger partial charge in [-0.05, 0) is 55.1 Å². The normalized spacial score (nSPS) is 14.9. The molecule has 0 spiro atoms. The molecule has 1 saturated heterocycles. The predicted octanol–water partition coefficient (Wildman–Crippen LogP) is 5.35. The van der Waals surface area contributed by atoms with Crippen LogP contribution in [0.15, 0.2) is 61.1 Å². The molecule has 0 bridgehead atoms. The van der Waals surface area contributed by atoms with Gasteiger partial charge in [0.25, 0.3) is 0 Å². The van der Waals surface area contributed by atoms with E-state index in [9.17, 15) is 17.6 Å². The van der Waals surface area contributed by atoms with Gasteiger partial charge in [0.15, 0.2) is 0 Å². The van der Waals surface area contributed by atoms with Crippen molar-refractivity contribution in [1.29, 1.82) is 0 Å². The van der Waals surface area contributed by atoms with Crippen LogP contribution in [0.2, 0.25) is 0 Å². The number of halogens is 4. The summed E-state index contributed by atoms with van der Waals surface area (Å²) in [6.45, 7) is 3.87. The minimum absolute atomic E-state index is 0.106. The van der Waals surface area contributed by atoms with Crippen LogP contribution in [-0.2, 0) is 6.18 Å². The summed E-state index contributed by atoms with van der Waals surface area (Å²) in [6.07, 6.45) is -1.47. The van der Waals surface area contributed by atoms with Crippen molar-refractivity contribution < 1.29 is 17.6 Å². The van der Waals surface area contributed by atoms with Gasteiger partial charge in [0.05, 0.1) is 16.8 Å². The molecule has 0 atom stereocenters. The van der Waals surface area contributed by atoms with Crippen LogP contribution in [0.1, 0.15) is 5.56 Å². The maximum atomic E-state index is 14.3. The molecule has 6 nitrogen and oxygen atoms in total. The minimum Gasteiger partial charge on any atom is -0.354 e. The third-order valence-electron chi connectivity index (χ3n) is 6.09. The van der Waals surface area contributed by atoms with Crippen molar-refractivity contribution in [3.8, 4) is 11.1 Å². The SMILES string of the molecule is CN1CCN(c2ccc(-c3ccc4c(Nc5ccc(C(F)(F)F)cc5F)ncnc4c3)cn2)CC1. The quantitative estimate of drug-likeness (QED) is 0.396. The molecule has 35 heavy (non-hydrogen) atoms. The third kappa shape index (κ3) is 4.88. The standard InChI is InChI=1S/C25H22F4N6/c1-34-8-10-35(11-9-34)23-7-3-17(14-30-23)16-2-5-19-22(12-16)31-15-32-24(19)33-21-6-4-18(13-20(21)26)25(27,28)29/h2-7,12-15H,8-11H2,1H3,(H,31,32,33). The molecule has 5 rings (SSSR count). The molecule has 1 fully saturated rings. The number of hydrogen-bond acceptors (Lipinski definition) is 6. The van der Waals surface area contributed by atoms with Crippen LogP contribution in [0.5, 0.6) is 0 Å². The number of fused-ring (bicyclic) bond motifs is 1. The first kappa shape index (κ1) is 23.0. The van der Waals surface area contributed by atoms with E-state index in [1.54, 1.807) is 6.07 Å². The monoisotopic (exact) mass is 482 g/mol. The Balaban J connectivity index is 1.38. The number of pyridine rings is 1. The van der Waals surface area contributed by atoms with Crippen LogP contribution in [0.3, 0.4) is 0 Å². The predicted molar refractivity (Wildman–Crippen MR) is 127 cm³/mol. The van der Waals surface area contributed by atoms with Crippen molar-refractivity contribution in [2.24, 2.45) is 0 Å². The molecule has 1 aliphatic heterocycles. The Bertz CT molecular complexity index is 1350. The van der Waals surface area contributed by atoms with Crippen LogP contribution in [0, 0.1) is 5.82 Å². The van der Waals surface area contributed by atoms with Crippen molar-refractivity contribution in [2.45, 2.75) is 6.18 Å². The summed E-state index contributed by atoms with van der Waals surface area (Å²) in [5, 5.41) is 3.39. The van der Waals surface area contributed by atoms with E-state index >= 15 is 0 Å². The molecule has 3 heterocycles. The van der Waals surface area contributed by atoms with Gasteiger partial charge in [0.1, 0.15) is 23.8 Å². The molecule has 1 aliphatic rings. The van der Waals surface area contributed by atoms with E-state index in [1.165, 1.54) is 6.33 Å². The molecular weight excluding hydrogens is 460 g/mol. The summed E-state index contributed by atoms with van der Waals surface area (Å²) in [4.78, 5) is 17.6. The fraction of sp³-hybridized carbons (Fsp3) is 0.240.